The third-order valence-electron chi connectivity index (χ3n) is 13.0. The Morgan fingerprint density at radius 2 is 0.797 bits per heavy atom. The molecule has 302 valence electrons. The monoisotopic (exact) mass is 819 g/mol. The van der Waals surface area contributed by atoms with Crippen molar-refractivity contribution in [1.29, 1.82) is 0 Å². The van der Waals surface area contributed by atoms with Crippen LogP contribution in [0.15, 0.2) is 217 Å². The van der Waals surface area contributed by atoms with Crippen LogP contribution in [0.2, 0.25) is 0 Å². The first kappa shape index (κ1) is 37.5. The second-order valence-corrected chi connectivity index (χ2v) is 17.2. The molecule has 2 aromatic heterocycles. The van der Waals surface area contributed by atoms with Gasteiger partial charge in [0.25, 0.3) is 0 Å². The molecular formula is C60H41N3O. The fourth-order valence-electron chi connectivity index (χ4n) is 9.71. The van der Waals surface area contributed by atoms with E-state index >= 15 is 0 Å². The molecule has 0 atom stereocenters. The molecular weight excluding hydrogens is 779 g/mol. The van der Waals surface area contributed by atoms with Crippen LogP contribution in [0, 0.1) is 0 Å². The molecule has 0 fully saturated rings. The SMILES string of the molecule is CC1(C)c2ccccc2-c2cc(-c3cc(-c4ccccc4)cc(-c4ccc(-c5nc(-c6ccccc6)nc(-c6ccc7oc8ccccc8c7c6)n5)cc4)c3-c3ccccc3)ccc21. The average Bonchev–Trinajstić information content (AvgIpc) is 3.85. The lowest BCUT2D eigenvalue weighted by molar-refractivity contribution is 0.660. The number of furan rings is 1. The molecule has 0 N–H and O–H groups in total. The minimum Gasteiger partial charge on any atom is -0.456 e. The lowest BCUT2D eigenvalue weighted by Crippen LogP contribution is -2.14. The zero-order chi connectivity index (χ0) is 42.8. The van der Waals surface area contributed by atoms with E-state index in [9.17, 15) is 0 Å². The van der Waals surface area contributed by atoms with Crippen molar-refractivity contribution in [3.63, 3.8) is 0 Å². The van der Waals surface area contributed by atoms with Gasteiger partial charge in [0.2, 0.25) is 0 Å². The number of benzene rings is 9. The van der Waals surface area contributed by atoms with Crippen molar-refractivity contribution in [2.75, 3.05) is 0 Å². The van der Waals surface area contributed by atoms with Gasteiger partial charge in [0.05, 0.1) is 0 Å². The van der Waals surface area contributed by atoms with E-state index in [1.807, 2.05) is 60.7 Å². The molecule has 2 heterocycles. The minimum atomic E-state index is -0.0744. The van der Waals surface area contributed by atoms with Crippen LogP contribution in [-0.2, 0) is 5.41 Å². The fourth-order valence-corrected chi connectivity index (χ4v) is 9.71. The summed E-state index contributed by atoms with van der Waals surface area (Å²) in [7, 11) is 0. The van der Waals surface area contributed by atoms with Crippen molar-refractivity contribution in [3.05, 3.63) is 223 Å². The van der Waals surface area contributed by atoms with Crippen molar-refractivity contribution in [2.24, 2.45) is 0 Å². The molecule has 0 radical (unpaired) electrons. The molecule has 4 nitrogen and oxygen atoms in total. The maximum atomic E-state index is 6.16. The molecule has 1 aliphatic carbocycles. The van der Waals surface area contributed by atoms with E-state index in [1.165, 1.54) is 44.5 Å². The van der Waals surface area contributed by atoms with Crippen LogP contribution in [-0.4, -0.2) is 15.0 Å². The molecule has 11 aromatic rings. The van der Waals surface area contributed by atoms with Crippen LogP contribution >= 0.6 is 0 Å². The Kier molecular flexibility index (Phi) is 8.80. The van der Waals surface area contributed by atoms with Gasteiger partial charge in [-0.05, 0) is 109 Å². The summed E-state index contributed by atoms with van der Waals surface area (Å²) < 4.78 is 6.16. The van der Waals surface area contributed by atoms with Crippen LogP contribution in [0.3, 0.4) is 0 Å². The maximum Gasteiger partial charge on any atom is 0.164 e. The van der Waals surface area contributed by atoms with Crippen molar-refractivity contribution in [2.45, 2.75) is 19.3 Å². The number of fused-ring (bicyclic) bond motifs is 6. The molecule has 0 unspecified atom stereocenters. The molecule has 9 aromatic carbocycles. The van der Waals surface area contributed by atoms with E-state index in [2.05, 4.69) is 166 Å². The molecule has 12 rings (SSSR count). The first-order chi connectivity index (χ1) is 31.5. The topological polar surface area (TPSA) is 51.8 Å². The Balaban J connectivity index is 1.03. The van der Waals surface area contributed by atoms with Gasteiger partial charge in [0.1, 0.15) is 11.2 Å². The largest absolute Gasteiger partial charge is 0.456 e. The standard InChI is InChI=1S/C60H41N3O/c1-60(2)52-24-14-12-22-46(52)50-34-43(30-32-53(50)60)49-37-45(38-16-6-3-7-17-38)36-48(56(49)40-18-8-4-9-19-40)39-26-28-42(29-27-39)58-61-57(41-20-10-5-11-21-41)62-59(63-58)44-31-33-55-51(35-44)47-23-13-15-25-54(47)64-55/h3-37H,1-2H3. The predicted molar refractivity (Wildman–Crippen MR) is 263 cm³/mol. The molecule has 0 aliphatic heterocycles. The van der Waals surface area contributed by atoms with Gasteiger partial charge in [-0.1, -0.05) is 184 Å². The highest BCUT2D eigenvalue weighted by Crippen LogP contribution is 2.51. The molecule has 0 spiro atoms. The molecule has 0 bridgehead atoms. The third kappa shape index (κ3) is 6.34. The number of aromatic nitrogens is 3. The zero-order valence-corrected chi connectivity index (χ0v) is 35.5. The van der Waals surface area contributed by atoms with E-state index in [0.717, 1.165) is 60.9 Å². The Morgan fingerprint density at radius 1 is 0.312 bits per heavy atom. The fraction of sp³-hybridized carbons (Fsp3) is 0.0500. The highest BCUT2D eigenvalue weighted by atomic mass is 16.3. The van der Waals surface area contributed by atoms with E-state index in [-0.39, 0.29) is 5.41 Å². The number of hydrogen-bond donors (Lipinski definition) is 0. The predicted octanol–water partition coefficient (Wildman–Crippen LogP) is 15.7. The van der Waals surface area contributed by atoms with E-state index in [0.29, 0.717) is 17.5 Å². The lowest BCUT2D eigenvalue weighted by Gasteiger charge is -2.22. The second-order valence-electron chi connectivity index (χ2n) is 17.2. The van der Waals surface area contributed by atoms with Crippen LogP contribution < -0.4 is 0 Å². The van der Waals surface area contributed by atoms with Gasteiger partial charge in [-0.15, -0.1) is 0 Å². The van der Waals surface area contributed by atoms with Gasteiger partial charge in [-0.2, -0.15) is 0 Å². The summed E-state index contributed by atoms with van der Waals surface area (Å²) >= 11 is 0. The Morgan fingerprint density at radius 3 is 1.52 bits per heavy atom. The first-order valence-electron chi connectivity index (χ1n) is 21.8. The summed E-state index contributed by atoms with van der Waals surface area (Å²) in [4.78, 5) is 15.3. The molecule has 0 saturated heterocycles. The maximum absolute atomic E-state index is 6.16. The summed E-state index contributed by atoms with van der Waals surface area (Å²) in [5.74, 6) is 1.83. The number of para-hydroxylation sites is 1. The summed E-state index contributed by atoms with van der Waals surface area (Å²) in [6.07, 6.45) is 0. The third-order valence-corrected chi connectivity index (χ3v) is 13.0. The summed E-state index contributed by atoms with van der Waals surface area (Å²) in [6.45, 7) is 4.68. The van der Waals surface area contributed by atoms with Gasteiger partial charge in [0.15, 0.2) is 17.5 Å². The quantitative estimate of drug-likeness (QED) is 0.161. The van der Waals surface area contributed by atoms with Crippen LogP contribution in [0.1, 0.15) is 25.0 Å². The zero-order valence-electron chi connectivity index (χ0n) is 35.5. The second kappa shape index (κ2) is 15.0. The molecule has 4 heteroatoms. The molecule has 0 saturated carbocycles. The number of nitrogens with zero attached hydrogens (tertiary/aromatic N) is 3. The number of hydrogen-bond acceptors (Lipinski definition) is 4. The van der Waals surface area contributed by atoms with Crippen molar-refractivity contribution in [1.82, 2.24) is 15.0 Å². The smallest absolute Gasteiger partial charge is 0.164 e. The van der Waals surface area contributed by atoms with Crippen LogP contribution in [0.5, 0.6) is 0 Å². The van der Waals surface area contributed by atoms with Crippen molar-refractivity contribution in [3.8, 4) is 89.8 Å². The van der Waals surface area contributed by atoms with Gasteiger partial charge >= 0.3 is 0 Å². The van der Waals surface area contributed by atoms with Crippen molar-refractivity contribution < 1.29 is 4.42 Å². The first-order valence-corrected chi connectivity index (χ1v) is 21.8. The number of rotatable bonds is 7. The summed E-state index contributed by atoms with van der Waals surface area (Å²) in [5, 5.41) is 2.09. The Hall–Kier alpha value is -8.21. The Labute approximate surface area is 372 Å². The molecule has 0 amide bonds. The highest BCUT2D eigenvalue weighted by molar-refractivity contribution is 6.06. The summed E-state index contributed by atoms with van der Waals surface area (Å²) in [5.41, 5.74) is 19.0. The normalized spacial score (nSPS) is 12.7. The molecule has 1 aliphatic rings. The summed E-state index contributed by atoms with van der Waals surface area (Å²) in [6, 6.07) is 75.4. The van der Waals surface area contributed by atoms with Crippen LogP contribution in [0.25, 0.3) is 112 Å². The lowest BCUT2D eigenvalue weighted by atomic mass is 9.81. The minimum absolute atomic E-state index is 0.0744. The van der Waals surface area contributed by atoms with Gasteiger partial charge in [0, 0.05) is 32.9 Å². The van der Waals surface area contributed by atoms with Gasteiger partial charge < -0.3 is 4.42 Å². The van der Waals surface area contributed by atoms with E-state index < -0.39 is 0 Å². The van der Waals surface area contributed by atoms with E-state index in [4.69, 9.17) is 19.4 Å². The Bertz CT molecular complexity index is 3560. The van der Waals surface area contributed by atoms with E-state index in [1.54, 1.807) is 0 Å². The van der Waals surface area contributed by atoms with Crippen molar-refractivity contribution >= 4 is 21.9 Å². The van der Waals surface area contributed by atoms with Crippen LogP contribution in [0.4, 0.5) is 0 Å². The average molecular weight is 820 g/mol. The highest BCUT2D eigenvalue weighted by Gasteiger charge is 2.35. The molecule has 64 heavy (non-hydrogen) atoms. The van der Waals surface area contributed by atoms with Gasteiger partial charge in [-0.25, -0.2) is 15.0 Å². The van der Waals surface area contributed by atoms with Gasteiger partial charge in [-0.3, -0.25) is 0 Å².